The molecule has 1 aliphatic heterocycles. The number of carboxylic acids is 1. The van der Waals surface area contributed by atoms with Gasteiger partial charge in [0.15, 0.2) is 0 Å². The summed E-state index contributed by atoms with van der Waals surface area (Å²) in [6.07, 6.45) is 1.79. The normalized spacial score (nSPS) is 20.9. The molecular weight excluding hydrogens is 312 g/mol. The zero-order chi connectivity index (χ0) is 15.8. The summed E-state index contributed by atoms with van der Waals surface area (Å²) in [5.41, 5.74) is 0.486. The predicted octanol–water partition coefficient (Wildman–Crippen LogP) is 1.47. The summed E-state index contributed by atoms with van der Waals surface area (Å²) in [4.78, 5) is 13.3. The Labute approximate surface area is 129 Å². The summed E-state index contributed by atoms with van der Waals surface area (Å²) in [6.45, 7) is 3.30. The Balaban J connectivity index is 2.28. The van der Waals surface area contributed by atoms with E-state index < -0.39 is 16.0 Å². The standard InChI is InChI=1S/C13H20N2O4S2/c1-9-7-11(20-12(9)13(16)17)21(18,19)15(3)10-5-4-6-14(2)8-10/h7,10H,4-6,8H2,1-3H3,(H,16,17). The molecule has 1 fully saturated rings. The zero-order valence-electron chi connectivity index (χ0n) is 12.4. The Morgan fingerprint density at radius 3 is 2.71 bits per heavy atom. The minimum Gasteiger partial charge on any atom is -0.477 e. The number of aryl methyl sites for hydroxylation is 1. The molecule has 0 amide bonds. The van der Waals surface area contributed by atoms with Crippen molar-refractivity contribution in [2.75, 3.05) is 27.2 Å². The average molecular weight is 332 g/mol. The van der Waals surface area contributed by atoms with E-state index in [0.717, 1.165) is 30.7 Å². The lowest BCUT2D eigenvalue weighted by molar-refractivity contribution is 0.0701. The van der Waals surface area contributed by atoms with Gasteiger partial charge in [-0.3, -0.25) is 0 Å². The van der Waals surface area contributed by atoms with Crippen molar-refractivity contribution in [3.05, 3.63) is 16.5 Å². The molecule has 2 heterocycles. The van der Waals surface area contributed by atoms with Crippen LogP contribution in [0.2, 0.25) is 0 Å². The highest BCUT2D eigenvalue weighted by atomic mass is 32.2. The second kappa shape index (κ2) is 6.04. The zero-order valence-corrected chi connectivity index (χ0v) is 14.0. The first-order chi connectivity index (χ1) is 9.73. The molecule has 0 aliphatic carbocycles. The lowest BCUT2D eigenvalue weighted by Crippen LogP contribution is -2.47. The third-order valence-corrected chi connectivity index (χ3v) is 7.42. The highest BCUT2D eigenvalue weighted by Crippen LogP contribution is 2.30. The van der Waals surface area contributed by atoms with Gasteiger partial charge in [-0.1, -0.05) is 0 Å². The number of carbonyl (C=O) groups is 1. The molecule has 6 nitrogen and oxygen atoms in total. The highest BCUT2D eigenvalue weighted by molar-refractivity contribution is 7.91. The fourth-order valence-electron chi connectivity index (χ4n) is 2.57. The van der Waals surface area contributed by atoms with Crippen LogP contribution in [0.1, 0.15) is 28.1 Å². The minimum atomic E-state index is -3.64. The first-order valence-electron chi connectivity index (χ1n) is 6.73. The lowest BCUT2D eigenvalue weighted by Gasteiger charge is -2.34. The number of hydrogen-bond donors (Lipinski definition) is 1. The van der Waals surface area contributed by atoms with E-state index in [4.69, 9.17) is 5.11 Å². The number of nitrogens with zero attached hydrogens (tertiary/aromatic N) is 2. The largest absolute Gasteiger partial charge is 0.477 e. The summed E-state index contributed by atoms with van der Waals surface area (Å²) >= 11 is 0.825. The summed E-state index contributed by atoms with van der Waals surface area (Å²) < 4.78 is 26.8. The predicted molar refractivity (Wildman–Crippen MR) is 81.5 cm³/mol. The molecule has 1 aromatic heterocycles. The first kappa shape index (κ1) is 16.4. The van der Waals surface area contributed by atoms with E-state index in [1.54, 1.807) is 14.0 Å². The molecule has 21 heavy (non-hydrogen) atoms. The molecule has 1 unspecified atom stereocenters. The van der Waals surface area contributed by atoms with Crippen molar-refractivity contribution in [1.82, 2.24) is 9.21 Å². The maximum atomic E-state index is 12.7. The van der Waals surface area contributed by atoms with Crippen molar-refractivity contribution < 1.29 is 18.3 Å². The van der Waals surface area contributed by atoms with Crippen LogP contribution >= 0.6 is 11.3 Å². The molecule has 1 aromatic rings. The molecule has 2 rings (SSSR count). The van der Waals surface area contributed by atoms with E-state index in [1.165, 1.54) is 10.4 Å². The van der Waals surface area contributed by atoms with Crippen molar-refractivity contribution in [2.45, 2.75) is 30.0 Å². The fourth-order valence-corrected chi connectivity index (χ4v) is 5.51. The van der Waals surface area contributed by atoms with Crippen LogP contribution < -0.4 is 0 Å². The molecule has 1 atom stereocenters. The van der Waals surface area contributed by atoms with Crippen LogP contribution in [0.3, 0.4) is 0 Å². The van der Waals surface area contributed by atoms with Crippen LogP contribution in [-0.2, 0) is 10.0 Å². The van der Waals surface area contributed by atoms with Crippen molar-refractivity contribution >= 4 is 27.3 Å². The van der Waals surface area contributed by atoms with Gasteiger partial charge in [0.1, 0.15) is 9.09 Å². The third kappa shape index (κ3) is 3.28. The third-order valence-electron chi connectivity index (χ3n) is 3.84. The van der Waals surface area contributed by atoms with Gasteiger partial charge in [-0.25, -0.2) is 13.2 Å². The van der Waals surface area contributed by atoms with Gasteiger partial charge in [0.25, 0.3) is 10.0 Å². The van der Waals surface area contributed by atoms with Gasteiger partial charge in [-0.15, -0.1) is 11.3 Å². The monoisotopic (exact) mass is 332 g/mol. The molecule has 0 spiro atoms. The lowest BCUT2D eigenvalue weighted by atomic mass is 10.1. The van der Waals surface area contributed by atoms with Crippen molar-refractivity contribution in [2.24, 2.45) is 0 Å². The van der Waals surface area contributed by atoms with E-state index >= 15 is 0 Å². The van der Waals surface area contributed by atoms with Crippen LogP contribution in [0, 0.1) is 6.92 Å². The van der Waals surface area contributed by atoms with Gasteiger partial charge >= 0.3 is 5.97 Å². The second-order valence-electron chi connectivity index (χ2n) is 5.46. The molecule has 0 saturated carbocycles. The van der Waals surface area contributed by atoms with Crippen molar-refractivity contribution in [3.8, 4) is 0 Å². The van der Waals surface area contributed by atoms with Crippen LogP contribution in [0.5, 0.6) is 0 Å². The van der Waals surface area contributed by atoms with Gasteiger partial charge in [-0.2, -0.15) is 4.31 Å². The van der Waals surface area contributed by atoms with E-state index in [-0.39, 0.29) is 15.1 Å². The van der Waals surface area contributed by atoms with Crippen molar-refractivity contribution in [3.63, 3.8) is 0 Å². The van der Waals surface area contributed by atoms with Gasteiger partial charge < -0.3 is 10.0 Å². The van der Waals surface area contributed by atoms with Crippen LogP contribution in [-0.4, -0.2) is 61.9 Å². The van der Waals surface area contributed by atoms with Crippen molar-refractivity contribution in [1.29, 1.82) is 0 Å². The van der Waals surface area contributed by atoms with E-state index in [2.05, 4.69) is 4.90 Å². The quantitative estimate of drug-likeness (QED) is 0.903. The molecule has 0 bridgehead atoms. The molecule has 0 aromatic carbocycles. The number of sulfonamides is 1. The van der Waals surface area contributed by atoms with E-state index in [1.807, 2.05) is 7.05 Å². The highest BCUT2D eigenvalue weighted by Gasteiger charge is 2.32. The van der Waals surface area contributed by atoms with Crippen LogP contribution in [0.25, 0.3) is 0 Å². The smallest absolute Gasteiger partial charge is 0.346 e. The number of aromatic carboxylic acids is 1. The summed E-state index contributed by atoms with van der Waals surface area (Å²) in [5.74, 6) is -1.08. The number of thiophene rings is 1. The topological polar surface area (TPSA) is 77.9 Å². The molecule has 8 heteroatoms. The number of likely N-dealkylation sites (N-methyl/N-ethyl adjacent to an activating group) is 2. The Morgan fingerprint density at radius 2 is 2.19 bits per heavy atom. The van der Waals surface area contributed by atoms with Crippen LogP contribution in [0.4, 0.5) is 0 Å². The van der Waals surface area contributed by atoms with Gasteiger partial charge in [0, 0.05) is 19.6 Å². The van der Waals surface area contributed by atoms with Crippen LogP contribution in [0.15, 0.2) is 10.3 Å². The summed E-state index contributed by atoms with van der Waals surface area (Å²) in [5, 5.41) is 9.06. The number of rotatable bonds is 4. The number of piperidine rings is 1. The molecule has 1 saturated heterocycles. The molecular formula is C13H20N2O4S2. The SMILES string of the molecule is Cc1cc(S(=O)(=O)N(C)C2CCCN(C)C2)sc1C(=O)O. The second-order valence-corrected chi connectivity index (χ2v) is 8.74. The Bertz CT molecular complexity index is 639. The first-order valence-corrected chi connectivity index (χ1v) is 8.99. The van der Waals surface area contributed by atoms with Gasteiger partial charge in [0.05, 0.1) is 0 Å². The van der Waals surface area contributed by atoms with E-state index in [9.17, 15) is 13.2 Å². The Morgan fingerprint density at radius 1 is 1.52 bits per heavy atom. The molecule has 1 aliphatic rings. The minimum absolute atomic E-state index is 0.0653. The van der Waals surface area contributed by atoms with Gasteiger partial charge in [0.2, 0.25) is 0 Å². The average Bonchev–Trinajstić information content (AvgIpc) is 2.80. The molecule has 1 N–H and O–H groups in total. The van der Waals surface area contributed by atoms with E-state index in [0.29, 0.717) is 12.1 Å². The maximum Gasteiger partial charge on any atom is 0.346 e. The number of hydrogen-bond acceptors (Lipinski definition) is 5. The Kier molecular flexibility index (Phi) is 4.72. The maximum absolute atomic E-state index is 12.7. The molecule has 0 radical (unpaired) electrons. The number of carboxylic acid groups (broad SMARTS) is 1. The Hall–Kier alpha value is -0.960. The fraction of sp³-hybridized carbons (Fsp3) is 0.615. The molecule has 118 valence electrons. The summed E-state index contributed by atoms with van der Waals surface area (Å²) in [7, 11) is -0.0807. The van der Waals surface area contributed by atoms with Gasteiger partial charge in [-0.05, 0) is 45.0 Å². The summed E-state index contributed by atoms with van der Waals surface area (Å²) in [6, 6.07) is 1.39. The number of likely N-dealkylation sites (tertiary alicyclic amines) is 1.